The molecule has 9 heteroatoms. The second-order valence-electron chi connectivity index (χ2n) is 6.60. The maximum absolute atomic E-state index is 12.9. The summed E-state index contributed by atoms with van der Waals surface area (Å²) in [5.41, 5.74) is 1.31. The van der Waals surface area contributed by atoms with Crippen molar-refractivity contribution >= 4 is 17.6 Å². The van der Waals surface area contributed by atoms with Crippen LogP contribution in [-0.4, -0.2) is 56.4 Å². The van der Waals surface area contributed by atoms with Crippen LogP contribution >= 0.6 is 0 Å². The van der Waals surface area contributed by atoms with Gasteiger partial charge in [0.25, 0.3) is 0 Å². The van der Waals surface area contributed by atoms with Crippen LogP contribution in [-0.2, 0) is 11.3 Å². The second-order valence-corrected chi connectivity index (χ2v) is 6.60. The third kappa shape index (κ3) is 3.37. The second kappa shape index (κ2) is 6.74. The molecule has 2 aliphatic rings. The van der Waals surface area contributed by atoms with E-state index in [2.05, 4.69) is 15.6 Å². The van der Waals surface area contributed by atoms with Crippen LogP contribution in [0.2, 0.25) is 0 Å². The number of anilines is 1. The molecule has 2 aliphatic heterocycles. The lowest BCUT2D eigenvalue weighted by Gasteiger charge is -2.38. The third-order valence-electron chi connectivity index (χ3n) is 4.70. The third-order valence-corrected chi connectivity index (χ3v) is 4.70. The zero-order chi connectivity index (χ0) is 18.1. The van der Waals surface area contributed by atoms with Crippen molar-refractivity contribution in [3.63, 3.8) is 0 Å². The highest BCUT2D eigenvalue weighted by Gasteiger charge is 2.33. The van der Waals surface area contributed by atoms with Crippen molar-refractivity contribution < 1.29 is 14.0 Å². The monoisotopic (exact) mass is 358 g/mol. The van der Waals surface area contributed by atoms with Gasteiger partial charge in [-0.2, -0.15) is 0 Å². The number of rotatable bonds is 4. The Kier molecular flexibility index (Phi) is 4.27. The summed E-state index contributed by atoms with van der Waals surface area (Å²) < 4.78 is 14.6. The molecule has 4 rings (SSSR count). The van der Waals surface area contributed by atoms with Gasteiger partial charge in [-0.3, -0.25) is 4.79 Å². The summed E-state index contributed by atoms with van der Waals surface area (Å²) in [7, 11) is 0. The van der Waals surface area contributed by atoms with E-state index < -0.39 is 0 Å². The van der Waals surface area contributed by atoms with Crippen LogP contribution in [0.5, 0.6) is 0 Å². The van der Waals surface area contributed by atoms with E-state index in [0.717, 1.165) is 18.7 Å². The molecule has 2 aromatic rings. The number of urea groups is 1. The molecule has 0 aliphatic carbocycles. The van der Waals surface area contributed by atoms with E-state index in [0.29, 0.717) is 31.7 Å². The molecule has 2 fully saturated rings. The normalized spacial score (nSPS) is 17.5. The number of carbonyl (C=O) groups is 2. The Morgan fingerprint density at radius 1 is 1.27 bits per heavy atom. The lowest BCUT2D eigenvalue weighted by Crippen LogP contribution is -2.52. The molecule has 0 unspecified atom stereocenters. The van der Waals surface area contributed by atoms with Crippen LogP contribution < -0.4 is 5.32 Å². The van der Waals surface area contributed by atoms with E-state index in [-0.39, 0.29) is 23.8 Å². The molecule has 0 radical (unpaired) electrons. The van der Waals surface area contributed by atoms with Gasteiger partial charge < -0.3 is 15.1 Å². The van der Waals surface area contributed by atoms with E-state index in [1.54, 1.807) is 14.5 Å². The largest absolute Gasteiger partial charge is 0.337 e. The van der Waals surface area contributed by atoms with Gasteiger partial charge in [0.05, 0.1) is 18.8 Å². The lowest BCUT2D eigenvalue weighted by molar-refractivity contribution is -0.128. The maximum atomic E-state index is 12.9. The van der Waals surface area contributed by atoms with Gasteiger partial charge >= 0.3 is 6.03 Å². The predicted molar refractivity (Wildman–Crippen MR) is 90.7 cm³/mol. The molecule has 1 aromatic heterocycles. The highest BCUT2D eigenvalue weighted by molar-refractivity contribution is 5.89. The van der Waals surface area contributed by atoms with Crippen molar-refractivity contribution in [3.05, 3.63) is 42.0 Å². The van der Waals surface area contributed by atoms with Gasteiger partial charge in [-0.1, -0.05) is 5.21 Å². The minimum atomic E-state index is -0.343. The Hall–Kier alpha value is -2.97. The zero-order valence-corrected chi connectivity index (χ0v) is 14.1. The average molecular weight is 358 g/mol. The number of halogens is 1. The van der Waals surface area contributed by atoms with Gasteiger partial charge in [-0.25, -0.2) is 13.9 Å². The molecule has 1 aromatic carbocycles. The lowest BCUT2D eigenvalue weighted by atomic mass is 10.1. The molecular weight excluding hydrogens is 339 g/mol. The summed E-state index contributed by atoms with van der Waals surface area (Å²) in [6.45, 7) is 2.31. The van der Waals surface area contributed by atoms with E-state index in [1.165, 1.54) is 24.3 Å². The Morgan fingerprint density at radius 2 is 2.04 bits per heavy atom. The first-order chi connectivity index (χ1) is 12.6. The average Bonchev–Trinajstić information content (AvgIpc) is 3.19. The fourth-order valence-corrected chi connectivity index (χ4v) is 3.16. The highest BCUT2D eigenvalue weighted by Crippen LogP contribution is 2.22. The van der Waals surface area contributed by atoms with Gasteiger partial charge in [0.2, 0.25) is 5.91 Å². The number of hydrogen-bond acceptors (Lipinski definition) is 4. The fraction of sp³-hybridized carbons (Fsp3) is 0.412. The van der Waals surface area contributed by atoms with E-state index >= 15 is 0 Å². The highest BCUT2D eigenvalue weighted by atomic mass is 19.1. The molecular formula is C17H19FN6O2. The van der Waals surface area contributed by atoms with Crippen LogP contribution in [0.4, 0.5) is 14.9 Å². The van der Waals surface area contributed by atoms with Gasteiger partial charge in [0.15, 0.2) is 0 Å². The first-order valence-electron chi connectivity index (χ1n) is 8.58. The number of hydrogen-bond donors (Lipinski definition) is 1. The van der Waals surface area contributed by atoms with E-state index in [1.807, 2.05) is 6.20 Å². The maximum Gasteiger partial charge on any atom is 0.321 e. The molecule has 0 bridgehead atoms. The smallest absolute Gasteiger partial charge is 0.321 e. The van der Waals surface area contributed by atoms with E-state index in [4.69, 9.17) is 0 Å². The topological polar surface area (TPSA) is 83.4 Å². The molecule has 2 saturated heterocycles. The van der Waals surface area contributed by atoms with Crippen LogP contribution in [0.15, 0.2) is 30.5 Å². The summed E-state index contributed by atoms with van der Waals surface area (Å²) >= 11 is 0. The molecule has 0 saturated carbocycles. The number of amides is 3. The molecule has 136 valence electrons. The molecule has 8 nitrogen and oxygen atoms in total. The first-order valence-corrected chi connectivity index (χ1v) is 8.58. The quantitative estimate of drug-likeness (QED) is 0.900. The van der Waals surface area contributed by atoms with Crippen LogP contribution in [0.1, 0.15) is 24.6 Å². The summed E-state index contributed by atoms with van der Waals surface area (Å²) in [6, 6.07) is 5.50. The number of likely N-dealkylation sites (tertiary alicyclic amines) is 2. The fourth-order valence-electron chi connectivity index (χ4n) is 3.16. The van der Waals surface area contributed by atoms with Crippen molar-refractivity contribution in [3.8, 4) is 0 Å². The summed E-state index contributed by atoms with van der Waals surface area (Å²) in [6.07, 6.45) is 3.34. The minimum absolute atomic E-state index is 0.0736. The van der Waals surface area contributed by atoms with Gasteiger partial charge in [0.1, 0.15) is 11.5 Å². The van der Waals surface area contributed by atoms with Crippen molar-refractivity contribution in [2.75, 3.05) is 25.0 Å². The molecule has 0 atom stereocenters. The Balaban J connectivity index is 1.28. The van der Waals surface area contributed by atoms with Crippen molar-refractivity contribution in [1.82, 2.24) is 24.8 Å². The van der Waals surface area contributed by atoms with Gasteiger partial charge in [-0.05, 0) is 30.7 Å². The zero-order valence-electron chi connectivity index (χ0n) is 14.1. The number of benzene rings is 1. The number of carbonyl (C=O) groups excluding carboxylic acids is 2. The molecule has 3 heterocycles. The molecule has 3 amide bonds. The van der Waals surface area contributed by atoms with Crippen molar-refractivity contribution in [1.29, 1.82) is 0 Å². The summed E-state index contributed by atoms with van der Waals surface area (Å²) in [4.78, 5) is 27.3. The van der Waals surface area contributed by atoms with Gasteiger partial charge in [0, 0.05) is 31.7 Å². The van der Waals surface area contributed by atoms with Crippen LogP contribution in [0, 0.1) is 5.82 Å². The number of nitrogens with one attached hydrogen (secondary N) is 1. The van der Waals surface area contributed by atoms with E-state index in [9.17, 15) is 14.0 Å². The predicted octanol–water partition coefficient (Wildman–Crippen LogP) is 1.63. The Labute approximate surface area is 149 Å². The van der Waals surface area contributed by atoms with Crippen LogP contribution in [0.3, 0.4) is 0 Å². The molecule has 0 spiro atoms. The standard InChI is InChI=1S/C17H19FN6O2/c18-12-3-5-13(6-4-12)19-17(26)23-10-15(11-23)24-9-14(20-21-24)8-22-7-1-2-16(22)25/h3-6,9,15H,1-2,7-8,10-11H2,(H,19,26). The Bertz CT molecular complexity index is 815. The molecule has 1 N–H and O–H groups in total. The molecule has 26 heavy (non-hydrogen) atoms. The van der Waals surface area contributed by atoms with Crippen LogP contribution in [0.25, 0.3) is 0 Å². The summed E-state index contributed by atoms with van der Waals surface area (Å²) in [5, 5.41) is 11.0. The number of nitrogens with zero attached hydrogens (tertiary/aromatic N) is 5. The number of aromatic nitrogens is 3. The van der Waals surface area contributed by atoms with Crippen molar-refractivity contribution in [2.24, 2.45) is 0 Å². The first kappa shape index (κ1) is 16.5. The SMILES string of the molecule is O=C1CCCN1Cc1cn(C2CN(C(=O)Nc3ccc(F)cc3)C2)nn1. The Morgan fingerprint density at radius 3 is 2.73 bits per heavy atom. The summed E-state index contributed by atoms with van der Waals surface area (Å²) in [5.74, 6) is -0.184. The minimum Gasteiger partial charge on any atom is -0.337 e. The van der Waals surface area contributed by atoms with Crippen molar-refractivity contribution in [2.45, 2.75) is 25.4 Å². The van der Waals surface area contributed by atoms with Gasteiger partial charge in [-0.15, -0.1) is 5.10 Å².